The minimum Gasteiger partial charge on any atom is -0.493 e. The van der Waals surface area contributed by atoms with Crippen molar-refractivity contribution in [3.05, 3.63) is 11.9 Å². The number of hydrogen-bond donors (Lipinski definition) is 0. The van der Waals surface area contributed by atoms with Crippen LogP contribution >= 0.6 is 11.6 Å². The molecule has 0 radical (unpaired) electrons. The molecule has 0 saturated heterocycles. The van der Waals surface area contributed by atoms with Crippen LogP contribution in [0.5, 0.6) is 5.75 Å². The van der Waals surface area contributed by atoms with Gasteiger partial charge in [-0.3, -0.25) is 9.48 Å². The Bertz CT molecular complexity index is 323. The molecule has 78 valence electrons. The second-order valence-electron chi connectivity index (χ2n) is 2.90. The minimum absolute atomic E-state index is 0.0162. The number of ketones is 1. The van der Waals surface area contributed by atoms with Gasteiger partial charge in [0.25, 0.3) is 0 Å². The first-order chi connectivity index (χ1) is 6.70. The number of carbonyl (C=O) groups is 1. The number of methoxy groups -OCH3 is 1. The third-order valence-electron chi connectivity index (χ3n) is 1.93. The third kappa shape index (κ3) is 2.26. The Balaban J connectivity index is 2.82. The van der Waals surface area contributed by atoms with Gasteiger partial charge in [0.2, 0.25) is 0 Å². The van der Waals surface area contributed by atoms with E-state index in [4.69, 9.17) is 16.3 Å². The molecule has 0 saturated carbocycles. The zero-order chi connectivity index (χ0) is 10.6. The Labute approximate surface area is 87.8 Å². The summed E-state index contributed by atoms with van der Waals surface area (Å²) >= 11 is 5.51. The molecule has 0 fully saturated rings. The summed E-state index contributed by atoms with van der Waals surface area (Å²) in [7, 11) is 3.24. The summed E-state index contributed by atoms with van der Waals surface area (Å²) in [5, 5.41) is 3.95. The fraction of sp³-hybridized carbons (Fsp3) is 0.556. The zero-order valence-electron chi connectivity index (χ0n) is 8.29. The van der Waals surface area contributed by atoms with Gasteiger partial charge in [-0.1, -0.05) is 0 Å². The number of alkyl halides is 1. The van der Waals surface area contributed by atoms with Crippen molar-refractivity contribution in [1.29, 1.82) is 0 Å². The molecule has 0 aliphatic rings. The highest BCUT2D eigenvalue weighted by atomic mass is 35.5. The molecule has 0 aliphatic carbocycles. The summed E-state index contributed by atoms with van der Waals surface area (Å²) in [5.74, 6) is 1.03. The lowest BCUT2D eigenvalue weighted by Crippen LogP contribution is -2.08. The minimum atomic E-state index is 0.0162. The van der Waals surface area contributed by atoms with Crippen LogP contribution in [0.25, 0.3) is 0 Å². The van der Waals surface area contributed by atoms with Crippen LogP contribution in [0.15, 0.2) is 6.20 Å². The SMILES string of the molecule is COc1cnn(C)c1C(=O)CCCCl. The van der Waals surface area contributed by atoms with Gasteiger partial charge in [0.15, 0.2) is 11.5 Å². The van der Waals surface area contributed by atoms with E-state index in [1.807, 2.05) is 0 Å². The van der Waals surface area contributed by atoms with Crippen LogP contribution in [-0.4, -0.2) is 28.6 Å². The van der Waals surface area contributed by atoms with Crippen molar-refractivity contribution in [2.45, 2.75) is 12.8 Å². The van der Waals surface area contributed by atoms with Gasteiger partial charge in [-0.2, -0.15) is 5.10 Å². The summed E-state index contributed by atoms with van der Waals surface area (Å²) in [4.78, 5) is 11.7. The Morgan fingerprint density at radius 3 is 3.00 bits per heavy atom. The van der Waals surface area contributed by atoms with Gasteiger partial charge in [0, 0.05) is 19.3 Å². The number of ether oxygens (including phenoxy) is 1. The van der Waals surface area contributed by atoms with Crippen LogP contribution in [0.1, 0.15) is 23.3 Å². The van der Waals surface area contributed by atoms with Gasteiger partial charge in [-0.05, 0) is 6.42 Å². The average Bonchev–Trinajstić information content (AvgIpc) is 2.56. The summed E-state index contributed by atoms with van der Waals surface area (Å²) in [6, 6.07) is 0. The molecule has 0 aliphatic heterocycles. The Morgan fingerprint density at radius 1 is 1.71 bits per heavy atom. The van der Waals surface area contributed by atoms with Crippen molar-refractivity contribution in [3.8, 4) is 5.75 Å². The van der Waals surface area contributed by atoms with Crippen LogP contribution in [0.2, 0.25) is 0 Å². The number of rotatable bonds is 5. The monoisotopic (exact) mass is 216 g/mol. The topological polar surface area (TPSA) is 44.1 Å². The highest BCUT2D eigenvalue weighted by Crippen LogP contribution is 2.18. The summed E-state index contributed by atoms with van der Waals surface area (Å²) in [6.07, 6.45) is 2.64. The molecule has 4 nitrogen and oxygen atoms in total. The lowest BCUT2D eigenvalue weighted by atomic mass is 10.2. The summed E-state index contributed by atoms with van der Waals surface area (Å²) in [6.45, 7) is 0. The van der Waals surface area contributed by atoms with Gasteiger partial charge >= 0.3 is 0 Å². The fourth-order valence-corrected chi connectivity index (χ4v) is 1.36. The van der Waals surface area contributed by atoms with Crippen LogP contribution in [0.3, 0.4) is 0 Å². The molecule has 1 aromatic rings. The Hall–Kier alpha value is -1.03. The molecular formula is C9H13ClN2O2. The largest absolute Gasteiger partial charge is 0.493 e. The highest BCUT2D eigenvalue weighted by molar-refractivity contribution is 6.18. The lowest BCUT2D eigenvalue weighted by Gasteiger charge is -2.03. The van der Waals surface area contributed by atoms with E-state index in [9.17, 15) is 4.79 Å². The molecule has 0 bridgehead atoms. The second-order valence-corrected chi connectivity index (χ2v) is 3.28. The molecular weight excluding hydrogens is 204 g/mol. The van der Waals surface area contributed by atoms with Crippen molar-refractivity contribution in [1.82, 2.24) is 9.78 Å². The van der Waals surface area contributed by atoms with Crippen molar-refractivity contribution in [2.75, 3.05) is 13.0 Å². The predicted octanol–water partition coefficient (Wildman–Crippen LogP) is 1.63. The standard InChI is InChI=1S/C9H13ClN2O2/c1-12-9(7(13)4-3-5-10)8(14-2)6-11-12/h6H,3-5H2,1-2H3. The lowest BCUT2D eigenvalue weighted by molar-refractivity contribution is 0.0970. The Morgan fingerprint density at radius 2 is 2.43 bits per heavy atom. The summed E-state index contributed by atoms with van der Waals surface area (Å²) < 4.78 is 6.55. The van der Waals surface area contributed by atoms with Crippen molar-refractivity contribution >= 4 is 17.4 Å². The quantitative estimate of drug-likeness (QED) is 0.555. The van der Waals surface area contributed by atoms with Gasteiger partial charge in [0.1, 0.15) is 5.69 Å². The Kier molecular flexibility index (Phi) is 3.95. The molecule has 0 aromatic carbocycles. The number of aryl methyl sites for hydroxylation is 1. The van der Waals surface area contributed by atoms with Crippen LogP contribution < -0.4 is 4.74 Å². The second kappa shape index (κ2) is 5.00. The first kappa shape index (κ1) is 11.0. The van der Waals surface area contributed by atoms with E-state index < -0.39 is 0 Å². The average molecular weight is 217 g/mol. The number of nitrogens with zero attached hydrogens (tertiary/aromatic N) is 2. The molecule has 0 atom stereocenters. The summed E-state index contributed by atoms with van der Waals surface area (Å²) in [5.41, 5.74) is 0.512. The number of Topliss-reactive ketones (excluding diaryl/α,β-unsaturated/α-hetero) is 1. The van der Waals surface area contributed by atoms with Crippen molar-refractivity contribution in [3.63, 3.8) is 0 Å². The first-order valence-electron chi connectivity index (χ1n) is 4.36. The molecule has 0 unspecified atom stereocenters. The number of hydrogen-bond acceptors (Lipinski definition) is 3. The maximum Gasteiger partial charge on any atom is 0.184 e. The van der Waals surface area contributed by atoms with Crippen LogP contribution in [-0.2, 0) is 7.05 Å². The van der Waals surface area contributed by atoms with Gasteiger partial charge in [-0.15, -0.1) is 11.6 Å². The van der Waals surface area contributed by atoms with E-state index >= 15 is 0 Å². The van der Waals surface area contributed by atoms with E-state index in [0.717, 1.165) is 0 Å². The molecule has 1 heterocycles. The van der Waals surface area contributed by atoms with Crippen LogP contribution in [0.4, 0.5) is 0 Å². The van der Waals surface area contributed by atoms with Gasteiger partial charge in [-0.25, -0.2) is 0 Å². The maximum atomic E-state index is 11.7. The normalized spacial score (nSPS) is 10.2. The van der Waals surface area contributed by atoms with Gasteiger partial charge < -0.3 is 4.74 Å². The fourth-order valence-electron chi connectivity index (χ4n) is 1.23. The van der Waals surface area contributed by atoms with E-state index in [0.29, 0.717) is 30.2 Å². The van der Waals surface area contributed by atoms with E-state index in [1.54, 1.807) is 7.05 Å². The molecule has 1 rings (SSSR count). The third-order valence-corrected chi connectivity index (χ3v) is 2.19. The molecule has 0 spiro atoms. The number of carbonyl (C=O) groups excluding carboxylic acids is 1. The number of halogens is 1. The first-order valence-corrected chi connectivity index (χ1v) is 4.89. The molecule has 1 aromatic heterocycles. The van der Waals surface area contributed by atoms with Crippen LogP contribution in [0, 0.1) is 0 Å². The van der Waals surface area contributed by atoms with E-state index in [-0.39, 0.29) is 5.78 Å². The zero-order valence-corrected chi connectivity index (χ0v) is 9.04. The predicted molar refractivity (Wildman–Crippen MR) is 54.0 cm³/mol. The molecule has 5 heteroatoms. The van der Waals surface area contributed by atoms with Gasteiger partial charge in [0.05, 0.1) is 13.3 Å². The van der Waals surface area contributed by atoms with Crippen molar-refractivity contribution in [2.24, 2.45) is 7.05 Å². The smallest absolute Gasteiger partial charge is 0.184 e. The highest BCUT2D eigenvalue weighted by Gasteiger charge is 2.16. The van der Waals surface area contributed by atoms with E-state index in [1.165, 1.54) is 18.0 Å². The molecule has 14 heavy (non-hydrogen) atoms. The maximum absolute atomic E-state index is 11.7. The molecule has 0 amide bonds. The molecule has 0 N–H and O–H groups in total. The number of aromatic nitrogens is 2. The van der Waals surface area contributed by atoms with E-state index in [2.05, 4.69) is 5.10 Å². The van der Waals surface area contributed by atoms with Crippen molar-refractivity contribution < 1.29 is 9.53 Å².